The predicted octanol–water partition coefficient (Wildman–Crippen LogP) is 3.58. The zero-order valence-electron chi connectivity index (χ0n) is 17.9. The molecule has 0 radical (unpaired) electrons. The van der Waals surface area contributed by atoms with Crippen molar-refractivity contribution in [2.24, 2.45) is 11.8 Å². The number of benzene rings is 2. The lowest BCUT2D eigenvalue weighted by molar-refractivity contribution is -0.139. The number of rotatable bonds is 7. The van der Waals surface area contributed by atoms with Gasteiger partial charge < -0.3 is 10.6 Å². The second kappa shape index (κ2) is 10.2. The highest BCUT2D eigenvalue weighted by atomic mass is 35.5. The Hall–Kier alpha value is -2.86. The summed E-state index contributed by atoms with van der Waals surface area (Å²) in [4.78, 5) is 39.6. The van der Waals surface area contributed by atoms with E-state index in [4.69, 9.17) is 11.6 Å². The maximum atomic E-state index is 13.0. The van der Waals surface area contributed by atoms with Crippen molar-refractivity contribution in [3.05, 3.63) is 70.7 Å². The van der Waals surface area contributed by atoms with Gasteiger partial charge in [-0.05, 0) is 55.4 Å². The Bertz CT molecular complexity index is 964. The lowest BCUT2D eigenvalue weighted by Crippen LogP contribution is -2.62. The number of nitrogens with zero attached hydrogens (tertiary/aromatic N) is 1. The van der Waals surface area contributed by atoms with E-state index in [-0.39, 0.29) is 35.7 Å². The molecule has 168 valence electrons. The molecule has 1 aliphatic heterocycles. The van der Waals surface area contributed by atoms with Crippen LogP contribution in [0.25, 0.3) is 0 Å². The first-order valence-electron chi connectivity index (χ1n) is 11.2. The van der Waals surface area contributed by atoms with E-state index in [0.29, 0.717) is 43.8 Å². The second-order valence-corrected chi connectivity index (χ2v) is 9.00. The number of fused-ring (bicyclic) bond motifs is 1. The summed E-state index contributed by atoms with van der Waals surface area (Å²) >= 11 is 5.90. The summed E-state index contributed by atoms with van der Waals surface area (Å²) in [5.74, 6) is -0.561. The minimum atomic E-state index is -0.351. The Labute approximate surface area is 193 Å². The lowest BCUT2D eigenvalue weighted by atomic mass is 9.76. The molecule has 1 heterocycles. The quantitative estimate of drug-likeness (QED) is 0.672. The zero-order valence-corrected chi connectivity index (χ0v) is 18.7. The molecule has 2 aliphatic rings. The third-order valence-corrected chi connectivity index (χ3v) is 6.70. The lowest BCUT2D eigenvalue weighted by Gasteiger charge is -2.42. The van der Waals surface area contributed by atoms with Crippen molar-refractivity contribution in [3.63, 3.8) is 0 Å². The fourth-order valence-electron chi connectivity index (χ4n) is 4.62. The number of halogens is 1. The second-order valence-electron chi connectivity index (χ2n) is 8.57. The van der Waals surface area contributed by atoms with Gasteiger partial charge >= 0.3 is 6.03 Å². The van der Waals surface area contributed by atoms with E-state index in [1.807, 2.05) is 54.6 Å². The number of urea groups is 1. The van der Waals surface area contributed by atoms with Crippen LogP contribution in [0, 0.1) is 11.8 Å². The van der Waals surface area contributed by atoms with Crippen LogP contribution >= 0.6 is 11.6 Å². The first-order valence-corrected chi connectivity index (χ1v) is 11.6. The van der Waals surface area contributed by atoms with Gasteiger partial charge in [0.05, 0.1) is 5.92 Å². The summed E-state index contributed by atoms with van der Waals surface area (Å²) in [5.41, 5.74) is 2.20. The van der Waals surface area contributed by atoms with Gasteiger partial charge in [-0.1, -0.05) is 54.1 Å². The Balaban J connectivity index is 1.27. The van der Waals surface area contributed by atoms with E-state index in [9.17, 15) is 14.4 Å². The van der Waals surface area contributed by atoms with Gasteiger partial charge in [-0.3, -0.25) is 14.5 Å². The highest BCUT2D eigenvalue weighted by molar-refractivity contribution is 6.30. The van der Waals surface area contributed by atoms with Gasteiger partial charge in [-0.2, -0.15) is 0 Å². The maximum absolute atomic E-state index is 13.0. The molecule has 3 atom stereocenters. The minimum Gasteiger partial charge on any atom is -0.356 e. The molecule has 1 saturated heterocycles. The van der Waals surface area contributed by atoms with Crippen LogP contribution in [0.1, 0.15) is 30.4 Å². The summed E-state index contributed by atoms with van der Waals surface area (Å²) in [7, 11) is 0. The van der Waals surface area contributed by atoms with Crippen molar-refractivity contribution in [1.29, 1.82) is 0 Å². The molecule has 1 saturated carbocycles. The summed E-state index contributed by atoms with van der Waals surface area (Å²) in [6.07, 6.45) is 3.13. The topological polar surface area (TPSA) is 78.5 Å². The third-order valence-electron chi connectivity index (χ3n) is 6.45. The molecular weight excluding hydrogens is 426 g/mol. The molecule has 0 bridgehead atoms. The van der Waals surface area contributed by atoms with Crippen LogP contribution in [0.15, 0.2) is 54.6 Å². The van der Waals surface area contributed by atoms with Crippen molar-refractivity contribution >= 4 is 29.4 Å². The van der Waals surface area contributed by atoms with E-state index >= 15 is 0 Å². The van der Waals surface area contributed by atoms with Gasteiger partial charge in [0.2, 0.25) is 11.8 Å². The van der Waals surface area contributed by atoms with Crippen molar-refractivity contribution in [1.82, 2.24) is 15.5 Å². The first-order chi connectivity index (χ1) is 15.5. The number of hydrogen-bond acceptors (Lipinski definition) is 3. The van der Waals surface area contributed by atoms with Crippen LogP contribution in [0.2, 0.25) is 5.02 Å². The molecule has 4 rings (SSSR count). The monoisotopic (exact) mass is 453 g/mol. The smallest absolute Gasteiger partial charge is 0.324 e. The van der Waals surface area contributed by atoms with E-state index < -0.39 is 0 Å². The summed E-state index contributed by atoms with van der Waals surface area (Å²) in [6.45, 7) is 0.913. The van der Waals surface area contributed by atoms with E-state index in [1.54, 1.807) is 0 Å². The van der Waals surface area contributed by atoms with Gasteiger partial charge in [0, 0.05) is 30.1 Å². The molecular formula is C25H28ClN3O3. The first kappa shape index (κ1) is 22.3. The van der Waals surface area contributed by atoms with Gasteiger partial charge in [-0.15, -0.1) is 0 Å². The van der Waals surface area contributed by atoms with Crippen molar-refractivity contribution < 1.29 is 14.4 Å². The number of amides is 4. The molecule has 0 aromatic heterocycles. The standard InChI is InChI=1S/C25H28ClN3O3/c26-20-9-6-18(7-10-20)12-14-27-23(30)19-8-11-21-22(16-19)28-25(32)29(24(21)31)15-13-17-4-2-1-3-5-17/h1-7,9-10,19,21-22H,8,11-16H2,(H,27,30)(H,28,32). The Kier molecular flexibility index (Phi) is 7.10. The van der Waals surface area contributed by atoms with Crippen LogP contribution in [0.3, 0.4) is 0 Å². The van der Waals surface area contributed by atoms with Gasteiger partial charge in [0.25, 0.3) is 0 Å². The van der Waals surface area contributed by atoms with Crippen LogP contribution < -0.4 is 10.6 Å². The third kappa shape index (κ3) is 5.30. The summed E-state index contributed by atoms with van der Waals surface area (Å²) in [6, 6.07) is 16.8. The molecule has 3 unspecified atom stereocenters. The number of nitrogens with one attached hydrogen (secondary N) is 2. The predicted molar refractivity (Wildman–Crippen MR) is 123 cm³/mol. The molecule has 2 N–H and O–H groups in total. The molecule has 4 amide bonds. The van der Waals surface area contributed by atoms with Crippen molar-refractivity contribution in [3.8, 4) is 0 Å². The largest absolute Gasteiger partial charge is 0.356 e. The average molecular weight is 454 g/mol. The van der Waals surface area contributed by atoms with Crippen molar-refractivity contribution in [2.45, 2.75) is 38.1 Å². The molecule has 2 aromatic rings. The molecule has 7 heteroatoms. The SMILES string of the molecule is O=C(NCCc1ccc(Cl)cc1)C1CCC2C(=O)N(CCc3ccccc3)C(=O)NC2C1. The minimum absolute atomic E-state index is 0.00869. The Morgan fingerprint density at radius 1 is 1.00 bits per heavy atom. The van der Waals surface area contributed by atoms with Crippen LogP contribution in [-0.4, -0.2) is 41.9 Å². The average Bonchev–Trinajstić information content (AvgIpc) is 2.80. The van der Waals surface area contributed by atoms with Gasteiger partial charge in [0.1, 0.15) is 0 Å². The van der Waals surface area contributed by atoms with E-state index in [1.165, 1.54) is 4.90 Å². The molecule has 2 fully saturated rings. The van der Waals surface area contributed by atoms with E-state index in [2.05, 4.69) is 10.6 Å². The number of carbonyl (C=O) groups excluding carboxylic acids is 3. The number of hydrogen-bond donors (Lipinski definition) is 2. The molecule has 2 aromatic carbocycles. The molecule has 6 nitrogen and oxygen atoms in total. The number of imide groups is 1. The van der Waals surface area contributed by atoms with Crippen molar-refractivity contribution in [2.75, 3.05) is 13.1 Å². The fourth-order valence-corrected chi connectivity index (χ4v) is 4.75. The fraction of sp³-hybridized carbons (Fsp3) is 0.400. The van der Waals surface area contributed by atoms with Crippen LogP contribution in [-0.2, 0) is 22.4 Å². The Morgan fingerprint density at radius 3 is 2.47 bits per heavy atom. The highest BCUT2D eigenvalue weighted by Crippen LogP contribution is 2.33. The van der Waals surface area contributed by atoms with Crippen LogP contribution in [0.4, 0.5) is 4.79 Å². The summed E-state index contributed by atoms with van der Waals surface area (Å²) in [5, 5.41) is 6.67. The highest BCUT2D eigenvalue weighted by Gasteiger charge is 2.45. The van der Waals surface area contributed by atoms with Crippen LogP contribution in [0.5, 0.6) is 0 Å². The maximum Gasteiger partial charge on any atom is 0.324 e. The number of carbonyl (C=O) groups is 3. The molecule has 1 aliphatic carbocycles. The normalized spacial score (nSPS) is 22.8. The molecule has 0 spiro atoms. The van der Waals surface area contributed by atoms with Gasteiger partial charge in [-0.25, -0.2) is 4.79 Å². The van der Waals surface area contributed by atoms with E-state index in [0.717, 1.165) is 17.5 Å². The van der Waals surface area contributed by atoms with Gasteiger partial charge in [0.15, 0.2) is 0 Å². The summed E-state index contributed by atoms with van der Waals surface area (Å²) < 4.78 is 0. The zero-order chi connectivity index (χ0) is 22.5. The molecule has 32 heavy (non-hydrogen) atoms. The Morgan fingerprint density at radius 2 is 1.72 bits per heavy atom.